The number of amides is 2. The summed E-state index contributed by atoms with van der Waals surface area (Å²) in [4.78, 5) is 24.7. The molecule has 2 aromatic carbocycles. The highest BCUT2D eigenvalue weighted by Crippen LogP contribution is 2.24. The summed E-state index contributed by atoms with van der Waals surface area (Å²) in [6.07, 6.45) is 0.662. The van der Waals surface area contributed by atoms with Crippen molar-refractivity contribution in [2.45, 2.75) is 25.0 Å². The number of carbonyl (C=O) groups is 2. The largest absolute Gasteiger partial charge is 0.476 e. The maximum absolute atomic E-state index is 12.8. The van der Waals surface area contributed by atoms with Gasteiger partial charge in [-0.2, -0.15) is 0 Å². The van der Waals surface area contributed by atoms with Crippen molar-refractivity contribution in [2.75, 3.05) is 6.54 Å². The number of hydrogen-bond donors (Lipinski definition) is 2. The molecule has 5 nitrogen and oxygen atoms in total. The lowest BCUT2D eigenvalue weighted by Crippen LogP contribution is -2.51. The molecule has 3 rings (SSSR count). The van der Waals surface area contributed by atoms with Crippen molar-refractivity contribution in [3.63, 3.8) is 0 Å². The minimum Gasteiger partial charge on any atom is -0.476 e. The van der Waals surface area contributed by atoms with Crippen molar-refractivity contribution in [3.05, 3.63) is 64.6 Å². The van der Waals surface area contributed by atoms with Crippen LogP contribution in [-0.2, 0) is 9.59 Å². The van der Waals surface area contributed by atoms with E-state index in [1.807, 2.05) is 42.5 Å². The average molecular weight is 403 g/mol. The minimum atomic E-state index is -0.822. The molecule has 1 fully saturated rings. The van der Waals surface area contributed by atoms with Gasteiger partial charge in [0.1, 0.15) is 11.8 Å². The molecule has 25 heavy (non-hydrogen) atoms. The van der Waals surface area contributed by atoms with Crippen LogP contribution < -0.4 is 15.4 Å². The van der Waals surface area contributed by atoms with E-state index in [4.69, 9.17) is 4.74 Å². The maximum atomic E-state index is 12.8. The summed E-state index contributed by atoms with van der Waals surface area (Å²) in [6.45, 7) is 0.655. The molecule has 0 aromatic heterocycles. The van der Waals surface area contributed by atoms with Gasteiger partial charge in [-0.1, -0.05) is 46.3 Å². The van der Waals surface area contributed by atoms with Crippen molar-refractivity contribution in [3.8, 4) is 5.75 Å². The van der Waals surface area contributed by atoms with Crippen molar-refractivity contribution >= 4 is 27.7 Å². The smallest absolute Gasteiger partial charge is 0.266 e. The van der Waals surface area contributed by atoms with Gasteiger partial charge in [0.15, 0.2) is 0 Å². The van der Waals surface area contributed by atoms with Crippen molar-refractivity contribution in [2.24, 2.45) is 0 Å². The molecule has 1 saturated heterocycles. The molecule has 1 aliphatic rings. The Morgan fingerprint density at radius 3 is 2.56 bits per heavy atom. The maximum Gasteiger partial charge on any atom is 0.266 e. The third-order valence-corrected chi connectivity index (χ3v) is 4.54. The van der Waals surface area contributed by atoms with Gasteiger partial charge in [-0.3, -0.25) is 9.59 Å². The summed E-state index contributed by atoms with van der Waals surface area (Å²) >= 11 is 3.38. The monoisotopic (exact) mass is 402 g/mol. The molecule has 0 radical (unpaired) electrons. The van der Waals surface area contributed by atoms with Gasteiger partial charge in [-0.05, 0) is 37.1 Å². The number of nitrogens with one attached hydrogen (secondary N) is 2. The molecule has 130 valence electrons. The number of rotatable bonds is 5. The van der Waals surface area contributed by atoms with E-state index < -0.39 is 12.1 Å². The molecule has 0 spiro atoms. The van der Waals surface area contributed by atoms with Crippen molar-refractivity contribution in [1.82, 2.24) is 10.6 Å². The second kappa shape index (κ2) is 8.16. The molecule has 0 saturated carbocycles. The first-order chi connectivity index (χ1) is 12.1. The van der Waals surface area contributed by atoms with Gasteiger partial charge in [-0.25, -0.2) is 0 Å². The van der Waals surface area contributed by atoms with Gasteiger partial charge < -0.3 is 15.4 Å². The highest BCUT2D eigenvalue weighted by Gasteiger charge is 2.29. The molecular weight excluding hydrogens is 384 g/mol. The van der Waals surface area contributed by atoms with Gasteiger partial charge in [0.05, 0.1) is 0 Å². The number of hydrogen-bond acceptors (Lipinski definition) is 3. The Balaban J connectivity index is 1.79. The third kappa shape index (κ3) is 4.60. The minimum absolute atomic E-state index is 0.143. The molecule has 2 aromatic rings. The van der Waals surface area contributed by atoms with Crippen LogP contribution in [0.4, 0.5) is 0 Å². The number of piperidine rings is 1. The summed E-state index contributed by atoms with van der Waals surface area (Å²) in [5.74, 6) is 0.117. The predicted octanol–water partition coefficient (Wildman–Crippen LogP) is 2.96. The van der Waals surface area contributed by atoms with Crippen molar-refractivity contribution in [1.29, 1.82) is 0 Å². The molecular formula is C19H19BrN2O3. The lowest BCUT2D eigenvalue weighted by molar-refractivity contribution is -0.134. The van der Waals surface area contributed by atoms with Crippen LogP contribution in [-0.4, -0.2) is 24.4 Å². The topological polar surface area (TPSA) is 67.4 Å². The Bertz CT molecular complexity index is 734. The van der Waals surface area contributed by atoms with E-state index in [-0.39, 0.29) is 11.8 Å². The standard InChI is InChI=1S/C19H19BrN2O3/c20-14-8-10-15(11-9-14)25-17(13-5-2-1-3-6-13)19(24)22-16-7-4-12-21-18(16)23/h1-3,5-6,8-11,16-17H,4,7,12H2,(H,21,23)(H,22,24)/t16-,17-/m1/s1. The number of benzene rings is 2. The average Bonchev–Trinajstić information content (AvgIpc) is 2.64. The molecule has 1 heterocycles. The summed E-state index contributed by atoms with van der Waals surface area (Å²) in [6, 6.07) is 16.0. The molecule has 6 heteroatoms. The van der Waals surface area contributed by atoms with E-state index in [1.165, 1.54) is 0 Å². The molecule has 0 unspecified atom stereocenters. The normalized spacial score (nSPS) is 18.1. The van der Waals surface area contributed by atoms with E-state index in [2.05, 4.69) is 26.6 Å². The van der Waals surface area contributed by atoms with Crippen LogP contribution in [0.25, 0.3) is 0 Å². The number of halogens is 1. The second-order valence-corrected chi connectivity index (χ2v) is 6.77. The van der Waals surface area contributed by atoms with Crippen LogP contribution in [0.3, 0.4) is 0 Å². The van der Waals surface area contributed by atoms with Crippen LogP contribution in [0, 0.1) is 0 Å². The van der Waals surface area contributed by atoms with Gasteiger partial charge in [0.25, 0.3) is 5.91 Å². The summed E-state index contributed by atoms with van der Waals surface area (Å²) in [5, 5.41) is 5.59. The predicted molar refractivity (Wildman–Crippen MR) is 98.1 cm³/mol. The fraction of sp³-hybridized carbons (Fsp3) is 0.263. The van der Waals surface area contributed by atoms with E-state index in [0.717, 1.165) is 16.5 Å². The SMILES string of the molecule is O=C1NCCC[C@H]1NC(=O)[C@H](Oc1ccc(Br)cc1)c1ccccc1. The second-order valence-electron chi connectivity index (χ2n) is 5.86. The summed E-state index contributed by atoms with van der Waals surface area (Å²) in [7, 11) is 0. The quantitative estimate of drug-likeness (QED) is 0.807. The first kappa shape index (κ1) is 17.5. The zero-order valence-corrected chi connectivity index (χ0v) is 15.2. The van der Waals surface area contributed by atoms with Crippen LogP contribution in [0.1, 0.15) is 24.5 Å². The molecule has 2 N–H and O–H groups in total. The van der Waals surface area contributed by atoms with Gasteiger partial charge in [0.2, 0.25) is 12.0 Å². The zero-order chi connectivity index (χ0) is 17.6. The first-order valence-corrected chi connectivity index (χ1v) is 8.98. The van der Waals surface area contributed by atoms with Gasteiger partial charge in [0, 0.05) is 16.6 Å². The fourth-order valence-electron chi connectivity index (χ4n) is 2.71. The third-order valence-electron chi connectivity index (χ3n) is 4.01. The molecule has 2 amide bonds. The van der Waals surface area contributed by atoms with Gasteiger partial charge >= 0.3 is 0 Å². The zero-order valence-electron chi connectivity index (χ0n) is 13.6. The number of ether oxygens (including phenoxy) is 1. The van der Waals surface area contributed by atoms with E-state index in [9.17, 15) is 9.59 Å². The Kier molecular flexibility index (Phi) is 5.71. The van der Waals surface area contributed by atoms with Crippen LogP contribution in [0.2, 0.25) is 0 Å². The Morgan fingerprint density at radius 2 is 1.88 bits per heavy atom. The molecule has 0 bridgehead atoms. The van der Waals surface area contributed by atoms with E-state index in [0.29, 0.717) is 18.7 Å². The highest BCUT2D eigenvalue weighted by molar-refractivity contribution is 9.10. The first-order valence-electron chi connectivity index (χ1n) is 8.19. The molecule has 0 aliphatic carbocycles. The molecule has 2 atom stereocenters. The summed E-state index contributed by atoms with van der Waals surface area (Å²) in [5.41, 5.74) is 0.735. The highest BCUT2D eigenvalue weighted by atomic mass is 79.9. The van der Waals surface area contributed by atoms with E-state index >= 15 is 0 Å². The van der Waals surface area contributed by atoms with Crippen molar-refractivity contribution < 1.29 is 14.3 Å². The summed E-state index contributed by atoms with van der Waals surface area (Å²) < 4.78 is 6.86. The van der Waals surface area contributed by atoms with Gasteiger partial charge in [-0.15, -0.1) is 0 Å². The lowest BCUT2D eigenvalue weighted by atomic mass is 10.0. The van der Waals surface area contributed by atoms with Crippen LogP contribution >= 0.6 is 15.9 Å². The Labute approximate surface area is 154 Å². The lowest BCUT2D eigenvalue weighted by Gasteiger charge is -2.26. The number of carbonyl (C=O) groups excluding carboxylic acids is 2. The van der Waals surface area contributed by atoms with E-state index in [1.54, 1.807) is 12.1 Å². The Hall–Kier alpha value is -2.34. The van der Waals surface area contributed by atoms with Crippen LogP contribution in [0.15, 0.2) is 59.1 Å². The van der Waals surface area contributed by atoms with Crippen LogP contribution in [0.5, 0.6) is 5.75 Å². The molecule has 1 aliphatic heterocycles. The Morgan fingerprint density at radius 1 is 1.16 bits per heavy atom. The fourth-order valence-corrected chi connectivity index (χ4v) is 2.97.